The van der Waals surface area contributed by atoms with Crippen LogP contribution in [0.1, 0.15) is 24.4 Å². The second kappa shape index (κ2) is 5.34. The molecule has 0 saturated heterocycles. The number of nitrogens with zero attached hydrogens (tertiary/aromatic N) is 4. The molecule has 3 heterocycles. The molecule has 6 heteroatoms. The molecule has 5 nitrogen and oxygen atoms in total. The third-order valence-corrected chi connectivity index (χ3v) is 3.18. The van der Waals surface area contributed by atoms with Crippen molar-refractivity contribution in [2.24, 2.45) is 0 Å². The van der Waals surface area contributed by atoms with Gasteiger partial charge in [-0.3, -0.25) is 9.38 Å². The zero-order valence-electron chi connectivity index (χ0n) is 11.0. The van der Waals surface area contributed by atoms with E-state index < -0.39 is 0 Å². The van der Waals surface area contributed by atoms with Crippen molar-refractivity contribution >= 4 is 5.65 Å². The van der Waals surface area contributed by atoms with Gasteiger partial charge in [-0.05, 0) is 30.7 Å². The molecule has 1 N–H and O–H groups in total. The predicted octanol–water partition coefficient (Wildman–Crippen LogP) is 2.11. The van der Waals surface area contributed by atoms with Crippen molar-refractivity contribution in [3.05, 3.63) is 60.1 Å². The molecule has 20 heavy (non-hydrogen) atoms. The number of hydrogen-bond donors (Lipinski definition) is 1. The van der Waals surface area contributed by atoms with Crippen LogP contribution >= 0.6 is 0 Å². The van der Waals surface area contributed by atoms with Crippen molar-refractivity contribution < 1.29 is 4.39 Å². The van der Waals surface area contributed by atoms with Gasteiger partial charge in [-0.1, -0.05) is 6.07 Å². The molecule has 102 valence electrons. The van der Waals surface area contributed by atoms with E-state index in [0.717, 1.165) is 17.0 Å². The van der Waals surface area contributed by atoms with E-state index >= 15 is 0 Å². The van der Waals surface area contributed by atoms with E-state index in [-0.39, 0.29) is 11.9 Å². The lowest BCUT2D eigenvalue weighted by Gasteiger charge is -2.13. The summed E-state index contributed by atoms with van der Waals surface area (Å²) in [5.74, 6) is 0.487. The number of nitrogens with one attached hydrogen (secondary N) is 1. The molecule has 0 fully saturated rings. The van der Waals surface area contributed by atoms with Gasteiger partial charge < -0.3 is 5.32 Å². The number of hydrogen-bond acceptors (Lipinski definition) is 4. The Bertz CT molecular complexity index is 724. The zero-order chi connectivity index (χ0) is 13.9. The van der Waals surface area contributed by atoms with Crippen molar-refractivity contribution in [3.63, 3.8) is 0 Å². The summed E-state index contributed by atoms with van der Waals surface area (Å²) >= 11 is 0. The van der Waals surface area contributed by atoms with Crippen LogP contribution in [0.25, 0.3) is 5.65 Å². The highest BCUT2D eigenvalue weighted by Crippen LogP contribution is 2.13. The number of fused-ring (bicyclic) bond motifs is 1. The molecule has 1 atom stereocenters. The van der Waals surface area contributed by atoms with Gasteiger partial charge in [-0.25, -0.2) is 4.39 Å². The third kappa shape index (κ3) is 2.50. The summed E-state index contributed by atoms with van der Waals surface area (Å²) in [5, 5.41) is 11.5. The summed E-state index contributed by atoms with van der Waals surface area (Å²) in [7, 11) is 0. The Morgan fingerprint density at radius 2 is 2.20 bits per heavy atom. The predicted molar refractivity (Wildman–Crippen MR) is 72.4 cm³/mol. The molecular formula is C14H14FN5. The number of aromatic nitrogens is 4. The van der Waals surface area contributed by atoms with Crippen LogP contribution in [0.5, 0.6) is 0 Å². The fraction of sp³-hybridized carbons (Fsp3) is 0.214. The SMILES string of the molecule is CC(NCc1nnc2ccccn12)c1cncc(F)c1. The maximum absolute atomic E-state index is 13.1. The molecule has 0 saturated carbocycles. The molecule has 3 rings (SSSR count). The Balaban J connectivity index is 1.73. The van der Waals surface area contributed by atoms with Crippen molar-refractivity contribution in [3.8, 4) is 0 Å². The van der Waals surface area contributed by atoms with Gasteiger partial charge in [0.15, 0.2) is 11.5 Å². The molecular weight excluding hydrogens is 257 g/mol. The maximum Gasteiger partial charge on any atom is 0.160 e. The Morgan fingerprint density at radius 3 is 3.05 bits per heavy atom. The largest absolute Gasteiger partial charge is 0.303 e. The van der Waals surface area contributed by atoms with Gasteiger partial charge in [0.2, 0.25) is 0 Å². The number of pyridine rings is 2. The fourth-order valence-corrected chi connectivity index (χ4v) is 2.04. The van der Waals surface area contributed by atoms with Crippen LogP contribution in [0, 0.1) is 5.82 Å². The van der Waals surface area contributed by atoms with E-state index in [2.05, 4.69) is 20.5 Å². The van der Waals surface area contributed by atoms with E-state index in [0.29, 0.717) is 6.54 Å². The molecule has 0 aliphatic carbocycles. The molecule has 3 aromatic rings. The third-order valence-electron chi connectivity index (χ3n) is 3.18. The quantitative estimate of drug-likeness (QED) is 0.789. The number of rotatable bonds is 4. The number of halogens is 1. The van der Waals surface area contributed by atoms with Crippen LogP contribution in [0.4, 0.5) is 4.39 Å². The van der Waals surface area contributed by atoms with Crippen LogP contribution in [0.2, 0.25) is 0 Å². The lowest BCUT2D eigenvalue weighted by molar-refractivity contribution is 0.546. The van der Waals surface area contributed by atoms with Gasteiger partial charge in [0.05, 0.1) is 12.7 Å². The second-order valence-corrected chi connectivity index (χ2v) is 4.58. The van der Waals surface area contributed by atoms with Crippen LogP contribution < -0.4 is 5.32 Å². The van der Waals surface area contributed by atoms with Gasteiger partial charge in [0, 0.05) is 18.4 Å². The Hall–Kier alpha value is -2.34. The van der Waals surface area contributed by atoms with Gasteiger partial charge in [0.25, 0.3) is 0 Å². The molecule has 0 aromatic carbocycles. The summed E-state index contributed by atoms with van der Waals surface area (Å²) in [6, 6.07) is 7.21. The van der Waals surface area contributed by atoms with E-state index in [4.69, 9.17) is 0 Å². The topological polar surface area (TPSA) is 55.1 Å². The van der Waals surface area contributed by atoms with E-state index in [1.165, 1.54) is 12.3 Å². The van der Waals surface area contributed by atoms with Crippen molar-refractivity contribution in [2.45, 2.75) is 19.5 Å². The minimum absolute atomic E-state index is 0.0192. The molecule has 0 bridgehead atoms. The minimum Gasteiger partial charge on any atom is -0.303 e. The monoisotopic (exact) mass is 271 g/mol. The van der Waals surface area contributed by atoms with Crippen LogP contribution in [-0.2, 0) is 6.54 Å². The summed E-state index contributed by atoms with van der Waals surface area (Å²) in [5.41, 5.74) is 1.61. The first-order valence-electron chi connectivity index (χ1n) is 6.36. The molecule has 1 unspecified atom stereocenters. The van der Waals surface area contributed by atoms with Gasteiger partial charge in [-0.2, -0.15) is 0 Å². The summed E-state index contributed by atoms with van der Waals surface area (Å²) < 4.78 is 15.1. The first-order chi connectivity index (χ1) is 9.74. The molecule has 0 aliphatic rings. The second-order valence-electron chi connectivity index (χ2n) is 4.58. The van der Waals surface area contributed by atoms with Crippen molar-refractivity contribution in [2.75, 3.05) is 0 Å². The highest BCUT2D eigenvalue weighted by Gasteiger charge is 2.09. The highest BCUT2D eigenvalue weighted by atomic mass is 19.1. The van der Waals surface area contributed by atoms with Gasteiger partial charge in [-0.15, -0.1) is 10.2 Å². The lowest BCUT2D eigenvalue weighted by atomic mass is 10.1. The fourth-order valence-electron chi connectivity index (χ4n) is 2.04. The summed E-state index contributed by atoms with van der Waals surface area (Å²) in [4.78, 5) is 3.85. The standard InChI is InChI=1S/C14H14FN5/c1-10(11-6-12(15)8-16-7-11)17-9-14-19-18-13-4-2-3-5-20(13)14/h2-8,10,17H,9H2,1H3. The Morgan fingerprint density at radius 1 is 1.30 bits per heavy atom. The van der Waals surface area contributed by atoms with E-state index in [9.17, 15) is 4.39 Å². The summed E-state index contributed by atoms with van der Waals surface area (Å²) in [6.07, 6.45) is 4.77. The molecule has 0 spiro atoms. The Labute approximate surface area is 115 Å². The van der Waals surface area contributed by atoms with Gasteiger partial charge in [0.1, 0.15) is 5.82 Å². The molecule has 3 aromatic heterocycles. The van der Waals surface area contributed by atoms with E-state index in [1.807, 2.05) is 35.7 Å². The van der Waals surface area contributed by atoms with Crippen molar-refractivity contribution in [1.82, 2.24) is 24.9 Å². The van der Waals surface area contributed by atoms with Crippen molar-refractivity contribution in [1.29, 1.82) is 0 Å². The lowest BCUT2D eigenvalue weighted by Crippen LogP contribution is -2.20. The first kappa shape index (κ1) is 12.7. The van der Waals surface area contributed by atoms with Crippen LogP contribution in [-0.4, -0.2) is 19.6 Å². The average Bonchev–Trinajstić information content (AvgIpc) is 2.88. The smallest absolute Gasteiger partial charge is 0.160 e. The molecule has 0 radical (unpaired) electrons. The minimum atomic E-state index is -0.330. The Kier molecular flexibility index (Phi) is 3.39. The van der Waals surface area contributed by atoms with E-state index in [1.54, 1.807) is 6.20 Å². The normalized spacial score (nSPS) is 12.7. The zero-order valence-corrected chi connectivity index (χ0v) is 11.0. The summed E-state index contributed by atoms with van der Waals surface area (Å²) in [6.45, 7) is 2.50. The van der Waals surface area contributed by atoms with Crippen LogP contribution in [0.3, 0.4) is 0 Å². The maximum atomic E-state index is 13.1. The first-order valence-corrected chi connectivity index (χ1v) is 6.36. The van der Waals surface area contributed by atoms with Gasteiger partial charge >= 0.3 is 0 Å². The average molecular weight is 271 g/mol. The highest BCUT2D eigenvalue weighted by molar-refractivity contribution is 5.36. The van der Waals surface area contributed by atoms with Crippen LogP contribution in [0.15, 0.2) is 42.9 Å². The molecule has 0 amide bonds. The molecule has 0 aliphatic heterocycles.